The fourth-order valence-electron chi connectivity index (χ4n) is 2.40. The van der Waals surface area contributed by atoms with Gasteiger partial charge < -0.3 is 4.52 Å². The highest BCUT2D eigenvalue weighted by Crippen LogP contribution is 2.29. The third-order valence-corrected chi connectivity index (χ3v) is 6.50. The number of rotatable bonds is 6. The number of carbonyl (C=O) groups is 1. The molecule has 3 heterocycles. The van der Waals surface area contributed by atoms with E-state index in [1.807, 2.05) is 43.7 Å². The lowest BCUT2D eigenvalue weighted by atomic mass is 10.2. The number of aryl methyl sites for hydroxylation is 2. The molecule has 3 aromatic heterocycles. The van der Waals surface area contributed by atoms with Crippen molar-refractivity contribution in [3.8, 4) is 5.82 Å². The molecule has 0 aliphatic heterocycles. The fraction of sp³-hybridized carbons (Fsp3) is 0.333. The largest absolute Gasteiger partial charge is 0.360 e. The first-order valence-corrected chi connectivity index (χ1v) is 10.2. The summed E-state index contributed by atoms with van der Waals surface area (Å²) in [5.74, 6) is 1.84. The van der Waals surface area contributed by atoms with Crippen molar-refractivity contribution in [3.63, 3.8) is 0 Å². The Morgan fingerprint density at radius 3 is 2.62 bits per heavy atom. The Hall–Kier alpha value is -1.58. The van der Waals surface area contributed by atoms with Gasteiger partial charge >= 0.3 is 0 Å². The maximum Gasteiger partial charge on any atom is 0.180 e. The Morgan fingerprint density at radius 1 is 1.25 bits per heavy atom. The van der Waals surface area contributed by atoms with Crippen molar-refractivity contribution < 1.29 is 9.32 Å². The zero-order chi connectivity index (χ0) is 17.3. The van der Waals surface area contributed by atoms with Crippen LogP contribution in [0, 0.1) is 20.8 Å². The molecule has 0 aromatic carbocycles. The minimum absolute atomic E-state index is 0.0699. The molecule has 0 aliphatic carbocycles. The molecule has 0 saturated heterocycles. The molecule has 0 spiro atoms. The van der Waals surface area contributed by atoms with Crippen LogP contribution < -0.4 is 0 Å². The highest BCUT2D eigenvalue weighted by Gasteiger charge is 2.19. The normalized spacial score (nSPS) is 11.2. The molecule has 0 fully saturated rings. The zero-order valence-electron chi connectivity index (χ0n) is 13.7. The lowest BCUT2D eigenvalue weighted by Crippen LogP contribution is -2.05. The third kappa shape index (κ3) is 3.42. The molecular formula is C15H16N4O2S3. The van der Waals surface area contributed by atoms with Crippen LogP contribution in [-0.4, -0.2) is 37.7 Å². The van der Waals surface area contributed by atoms with Crippen LogP contribution in [0.4, 0.5) is 0 Å². The summed E-state index contributed by atoms with van der Waals surface area (Å²) in [6, 6.07) is 3.75. The summed E-state index contributed by atoms with van der Waals surface area (Å²) in [6.07, 6.45) is 1.96. The summed E-state index contributed by atoms with van der Waals surface area (Å²) in [7, 11) is 0. The number of carbonyl (C=O) groups excluding carboxylic acids is 1. The molecule has 0 atom stereocenters. The summed E-state index contributed by atoms with van der Waals surface area (Å²) < 4.78 is 8.80. The van der Waals surface area contributed by atoms with Crippen LogP contribution >= 0.6 is 34.9 Å². The first-order valence-electron chi connectivity index (χ1n) is 7.15. The second-order valence-corrected chi connectivity index (χ2v) is 8.42. The Balaban J connectivity index is 1.78. The van der Waals surface area contributed by atoms with Gasteiger partial charge in [-0.2, -0.15) is 0 Å². The minimum Gasteiger partial charge on any atom is -0.360 e. The molecule has 0 unspecified atom stereocenters. The average Bonchev–Trinajstić information content (AvgIpc) is 3.25. The van der Waals surface area contributed by atoms with Gasteiger partial charge in [-0.05, 0) is 33.1 Å². The monoisotopic (exact) mass is 380 g/mol. The number of hydrogen-bond acceptors (Lipinski definition) is 8. The molecule has 0 bridgehead atoms. The number of Topliss-reactive ketones (excluding diaryl/α,β-unsaturated/α-hetero) is 1. The van der Waals surface area contributed by atoms with Crippen molar-refractivity contribution in [1.29, 1.82) is 0 Å². The predicted octanol–water partition coefficient (Wildman–Crippen LogP) is 3.94. The van der Waals surface area contributed by atoms with Crippen molar-refractivity contribution in [2.45, 2.75) is 29.5 Å². The molecule has 0 radical (unpaired) electrons. The van der Waals surface area contributed by atoms with Crippen molar-refractivity contribution in [1.82, 2.24) is 19.9 Å². The van der Waals surface area contributed by atoms with Gasteiger partial charge in [-0.1, -0.05) is 40.0 Å². The van der Waals surface area contributed by atoms with E-state index in [4.69, 9.17) is 4.52 Å². The van der Waals surface area contributed by atoms with Gasteiger partial charge in [0.25, 0.3) is 0 Å². The number of aromatic nitrogens is 4. The summed E-state index contributed by atoms with van der Waals surface area (Å²) >= 11 is 4.48. The Bertz CT molecular complexity index is 881. The van der Waals surface area contributed by atoms with Crippen molar-refractivity contribution >= 4 is 40.6 Å². The molecule has 0 N–H and O–H groups in total. The van der Waals surface area contributed by atoms with Crippen molar-refractivity contribution in [2.24, 2.45) is 0 Å². The lowest BCUT2D eigenvalue weighted by Gasteiger charge is -2.04. The van der Waals surface area contributed by atoms with Gasteiger partial charge in [-0.25, -0.2) is 0 Å². The van der Waals surface area contributed by atoms with Gasteiger partial charge in [0.05, 0.1) is 5.75 Å². The van der Waals surface area contributed by atoms with Crippen LogP contribution in [0.2, 0.25) is 0 Å². The minimum atomic E-state index is 0.0699. The van der Waals surface area contributed by atoms with Gasteiger partial charge in [-0.15, -0.1) is 10.2 Å². The van der Waals surface area contributed by atoms with Gasteiger partial charge in [0.1, 0.15) is 5.76 Å². The van der Waals surface area contributed by atoms with Gasteiger partial charge in [0, 0.05) is 23.0 Å². The molecule has 0 aliphatic rings. The SMILES string of the molecule is CSc1nnc(SCC(=O)c2cc(C)n(-c3cc(C)on3)c2C)s1. The van der Waals surface area contributed by atoms with Crippen LogP contribution in [0.3, 0.4) is 0 Å². The molecule has 0 saturated carbocycles. The fourth-order valence-corrected chi connectivity index (χ4v) is 4.72. The van der Waals surface area contributed by atoms with E-state index in [2.05, 4.69) is 15.4 Å². The van der Waals surface area contributed by atoms with E-state index in [-0.39, 0.29) is 5.78 Å². The number of thioether (sulfide) groups is 2. The van der Waals surface area contributed by atoms with E-state index >= 15 is 0 Å². The molecule has 9 heteroatoms. The van der Waals surface area contributed by atoms with Crippen LogP contribution in [0.15, 0.2) is 25.3 Å². The highest BCUT2D eigenvalue weighted by atomic mass is 32.2. The summed E-state index contributed by atoms with van der Waals surface area (Å²) in [4.78, 5) is 12.6. The number of ketones is 1. The Labute approximate surface area is 152 Å². The van der Waals surface area contributed by atoms with Crippen molar-refractivity contribution in [3.05, 3.63) is 34.8 Å². The van der Waals surface area contributed by atoms with Crippen LogP contribution in [0.1, 0.15) is 27.5 Å². The Morgan fingerprint density at radius 2 is 2.00 bits per heavy atom. The van der Waals surface area contributed by atoms with Crippen molar-refractivity contribution in [2.75, 3.05) is 12.0 Å². The van der Waals surface area contributed by atoms with Crippen LogP contribution in [0.5, 0.6) is 0 Å². The van der Waals surface area contributed by atoms with Gasteiger partial charge in [0.2, 0.25) is 0 Å². The van der Waals surface area contributed by atoms with E-state index in [1.165, 1.54) is 23.1 Å². The Kier molecular flexibility index (Phi) is 5.12. The molecule has 3 aromatic rings. The number of hydrogen-bond donors (Lipinski definition) is 0. The first kappa shape index (κ1) is 17.2. The predicted molar refractivity (Wildman–Crippen MR) is 96.8 cm³/mol. The summed E-state index contributed by atoms with van der Waals surface area (Å²) in [5.41, 5.74) is 2.53. The topological polar surface area (TPSA) is 73.8 Å². The average molecular weight is 381 g/mol. The summed E-state index contributed by atoms with van der Waals surface area (Å²) in [5, 5.41) is 12.2. The zero-order valence-corrected chi connectivity index (χ0v) is 16.1. The maximum absolute atomic E-state index is 12.6. The quantitative estimate of drug-likeness (QED) is 0.474. The van der Waals surface area contributed by atoms with E-state index < -0.39 is 0 Å². The smallest absolute Gasteiger partial charge is 0.180 e. The number of nitrogens with zero attached hydrogens (tertiary/aromatic N) is 4. The molecule has 6 nitrogen and oxygen atoms in total. The van der Waals surface area contributed by atoms with Crippen LogP contribution in [-0.2, 0) is 0 Å². The van der Waals surface area contributed by atoms with Crippen LogP contribution in [0.25, 0.3) is 5.82 Å². The molecule has 3 rings (SSSR count). The molecular weight excluding hydrogens is 364 g/mol. The van der Waals surface area contributed by atoms with Gasteiger partial charge in [0.15, 0.2) is 20.3 Å². The first-order chi connectivity index (χ1) is 11.5. The lowest BCUT2D eigenvalue weighted by molar-refractivity contribution is 0.102. The second-order valence-electron chi connectivity index (χ2n) is 5.17. The van der Waals surface area contributed by atoms with E-state index in [1.54, 1.807) is 11.8 Å². The second kappa shape index (κ2) is 7.12. The standard InChI is InChI=1S/C15H16N4O2S3/c1-8-5-11(10(3)19(8)13-6-9(2)21-18-13)12(20)7-23-15-17-16-14(22-4)24-15/h5-6H,7H2,1-4H3. The van der Waals surface area contributed by atoms with E-state index in [9.17, 15) is 4.79 Å². The molecule has 24 heavy (non-hydrogen) atoms. The third-order valence-electron chi connectivity index (χ3n) is 3.47. The maximum atomic E-state index is 12.6. The summed E-state index contributed by atoms with van der Waals surface area (Å²) in [6.45, 7) is 5.72. The van der Waals surface area contributed by atoms with E-state index in [0.29, 0.717) is 17.1 Å². The molecule has 0 amide bonds. The molecule has 126 valence electrons. The highest BCUT2D eigenvalue weighted by molar-refractivity contribution is 8.03. The van der Waals surface area contributed by atoms with Gasteiger partial charge in [-0.3, -0.25) is 9.36 Å². The van der Waals surface area contributed by atoms with E-state index in [0.717, 1.165) is 25.8 Å².